The molecule has 1 aliphatic heterocycles. The van der Waals surface area contributed by atoms with Gasteiger partial charge in [0, 0.05) is 5.25 Å². The van der Waals surface area contributed by atoms with Gasteiger partial charge in [0.1, 0.15) is 5.44 Å². The molecule has 1 aromatic rings. The van der Waals surface area contributed by atoms with Crippen LogP contribution in [0.3, 0.4) is 0 Å². The first kappa shape index (κ1) is 11.0. The van der Waals surface area contributed by atoms with E-state index in [0.717, 1.165) is 12.5 Å². The fourth-order valence-electron chi connectivity index (χ4n) is 1.86. The maximum absolute atomic E-state index is 5.72. The van der Waals surface area contributed by atoms with Crippen molar-refractivity contribution in [2.75, 3.05) is 6.61 Å². The third kappa shape index (κ3) is 2.99. The summed E-state index contributed by atoms with van der Waals surface area (Å²) in [5, 5.41) is 0.529. The zero-order valence-electron chi connectivity index (χ0n) is 9.35. The van der Waals surface area contributed by atoms with Crippen LogP contribution in [0.1, 0.15) is 31.1 Å². The number of thioether (sulfide) groups is 1. The Bertz CT molecular complexity index is 299. The summed E-state index contributed by atoms with van der Waals surface area (Å²) in [4.78, 5) is 0. The summed E-state index contributed by atoms with van der Waals surface area (Å²) >= 11 is 1.94. The lowest BCUT2D eigenvalue weighted by molar-refractivity contribution is 0.166. The quantitative estimate of drug-likeness (QED) is 0.768. The maximum Gasteiger partial charge on any atom is 0.104 e. The van der Waals surface area contributed by atoms with Crippen LogP contribution in [0.25, 0.3) is 0 Å². The second kappa shape index (κ2) is 5.04. The second-order valence-electron chi connectivity index (χ2n) is 4.29. The van der Waals surface area contributed by atoms with Crippen LogP contribution >= 0.6 is 11.8 Å². The molecule has 0 aliphatic carbocycles. The van der Waals surface area contributed by atoms with Gasteiger partial charge in [0.25, 0.3) is 0 Å². The maximum atomic E-state index is 5.72. The highest BCUT2D eigenvalue weighted by Gasteiger charge is 2.24. The molecular weight excluding hydrogens is 204 g/mol. The Labute approximate surface area is 96.2 Å². The third-order valence-electron chi connectivity index (χ3n) is 2.79. The molecule has 15 heavy (non-hydrogen) atoms. The van der Waals surface area contributed by atoms with E-state index in [1.807, 2.05) is 11.8 Å². The molecule has 0 aromatic heterocycles. The first-order valence-corrected chi connectivity index (χ1v) is 6.52. The highest BCUT2D eigenvalue weighted by atomic mass is 32.2. The Morgan fingerprint density at radius 2 is 2.07 bits per heavy atom. The summed E-state index contributed by atoms with van der Waals surface area (Å²) < 4.78 is 5.72. The molecule has 0 spiro atoms. The van der Waals surface area contributed by atoms with Gasteiger partial charge in [-0.1, -0.05) is 37.3 Å². The number of hydrogen-bond acceptors (Lipinski definition) is 2. The van der Waals surface area contributed by atoms with Crippen molar-refractivity contribution < 1.29 is 4.74 Å². The first-order valence-electron chi connectivity index (χ1n) is 5.57. The number of benzene rings is 1. The Morgan fingerprint density at radius 1 is 1.33 bits per heavy atom. The molecule has 0 saturated carbocycles. The highest BCUT2D eigenvalue weighted by Crippen LogP contribution is 2.37. The molecule has 1 heterocycles. The van der Waals surface area contributed by atoms with Crippen LogP contribution in [0.5, 0.6) is 0 Å². The topological polar surface area (TPSA) is 9.23 Å². The Hall–Kier alpha value is -0.470. The van der Waals surface area contributed by atoms with E-state index >= 15 is 0 Å². The lowest BCUT2D eigenvalue weighted by Gasteiger charge is -2.16. The van der Waals surface area contributed by atoms with Crippen LogP contribution in [0, 0.1) is 5.92 Å². The summed E-state index contributed by atoms with van der Waals surface area (Å²) in [6, 6.07) is 10.6. The zero-order chi connectivity index (χ0) is 10.7. The van der Waals surface area contributed by atoms with E-state index in [-0.39, 0.29) is 0 Å². The van der Waals surface area contributed by atoms with Gasteiger partial charge >= 0.3 is 0 Å². The van der Waals surface area contributed by atoms with Gasteiger partial charge in [0.05, 0.1) is 6.61 Å². The molecule has 1 saturated heterocycles. The van der Waals surface area contributed by atoms with Crippen molar-refractivity contribution >= 4 is 11.8 Å². The van der Waals surface area contributed by atoms with Crippen LogP contribution < -0.4 is 0 Å². The van der Waals surface area contributed by atoms with Gasteiger partial charge in [0.15, 0.2) is 0 Å². The molecule has 2 rings (SSSR count). The third-order valence-corrected chi connectivity index (χ3v) is 4.10. The molecule has 0 bridgehead atoms. The van der Waals surface area contributed by atoms with E-state index in [2.05, 4.69) is 44.2 Å². The average molecular weight is 222 g/mol. The van der Waals surface area contributed by atoms with Crippen molar-refractivity contribution in [3.8, 4) is 0 Å². The minimum absolute atomic E-state index is 0.398. The Morgan fingerprint density at radius 3 is 2.67 bits per heavy atom. The van der Waals surface area contributed by atoms with Crippen molar-refractivity contribution in [3.05, 3.63) is 35.9 Å². The predicted molar refractivity (Wildman–Crippen MR) is 66.0 cm³/mol. The van der Waals surface area contributed by atoms with E-state index in [9.17, 15) is 0 Å². The van der Waals surface area contributed by atoms with Crippen molar-refractivity contribution in [2.24, 2.45) is 5.92 Å². The van der Waals surface area contributed by atoms with Crippen molar-refractivity contribution in [1.29, 1.82) is 0 Å². The smallest absolute Gasteiger partial charge is 0.104 e. The standard InChI is InChI=1S/C13H18OS/c1-10-8-13(14-9-10)15-11(2)12-6-4-3-5-7-12/h3-7,10-11,13H,8-9H2,1-2H3/t10-,11+,13?/m1/s1. The molecule has 0 radical (unpaired) electrons. The van der Waals surface area contributed by atoms with E-state index in [0.29, 0.717) is 10.7 Å². The SMILES string of the molecule is C[C@H]1COC(S[C@@H](C)c2ccccc2)C1. The number of ether oxygens (including phenoxy) is 1. The van der Waals surface area contributed by atoms with Gasteiger partial charge in [0.2, 0.25) is 0 Å². The molecule has 2 heteroatoms. The highest BCUT2D eigenvalue weighted by molar-refractivity contribution is 7.99. The van der Waals surface area contributed by atoms with E-state index in [1.54, 1.807) is 0 Å². The fraction of sp³-hybridized carbons (Fsp3) is 0.538. The number of hydrogen-bond donors (Lipinski definition) is 0. The summed E-state index contributed by atoms with van der Waals surface area (Å²) in [6.07, 6.45) is 1.20. The van der Waals surface area contributed by atoms with E-state index in [1.165, 1.54) is 12.0 Å². The fourth-order valence-corrected chi connectivity index (χ4v) is 3.23. The summed E-state index contributed by atoms with van der Waals surface area (Å²) in [6.45, 7) is 5.44. The van der Waals surface area contributed by atoms with Crippen molar-refractivity contribution in [3.63, 3.8) is 0 Å². The van der Waals surface area contributed by atoms with Gasteiger partial charge in [-0.3, -0.25) is 0 Å². The van der Waals surface area contributed by atoms with Crippen LogP contribution in [0.2, 0.25) is 0 Å². The molecule has 1 unspecified atom stereocenters. The van der Waals surface area contributed by atoms with Crippen molar-refractivity contribution in [1.82, 2.24) is 0 Å². The molecular formula is C13H18OS. The van der Waals surface area contributed by atoms with Crippen LogP contribution in [-0.4, -0.2) is 12.0 Å². The normalized spacial score (nSPS) is 27.9. The molecule has 1 fully saturated rings. The number of rotatable bonds is 3. The second-order valence-corrected chi connectivity index (χ2v) is 5.80. The largest absolute Gasteiger partial charge is 0.367 e. The van der Waals surface area contributed by atoms with E-state index in [4.69, 9.17) is 4.74 Å². The molecule has 3 atom stereocenters. The Kier molecular flexibility index (Phi) is 3.71. The van der Waals surface area contributed by atoms with Gasteiger partial charge in [-0.25, -0.2) is 0 Å². The Balaban J connectivity index is 1.90. The zero-order valence-corrected chi connectivity index (χ0v) is 10.2. The minimum atomic E-state index is 0.398. The molecule has 1 aliphatic rings. The molecule has 82 valence electrons. The molecule has 1 aromatic carbocycles. The molecule has 0 N–H and O–H groups in total. The predicted octanol–water partition coefficient (Wildman–Crippen LogP) is 3.86. The molecule has 1 nitrogen and oxygen atoms in total. The van der Waals surface area contributed by atoms with Gasteiger partial charge in [-0.05, 0) is 24.8 Å². The van der Waals surface area contributed by atoms with Crippen LogP contribution in [0.4, 0.5) is 0 Å². The first-order chi connectivity index (χ1) is 7.25. The average Bonchev–Trinajstić information content (AvgIpc) is 2.65. The van der Waals surface area contributed by atoms with Gasteiger partial charge in [-0.15, -0.1) is 11.8 Å². The molecule has 0 amide bonds. The lowest BCUT2D eigenvalue weighted by atomic mass is 10.2. The van der Waals surface area contributed by atoms with Gasteiger partial charge in [-0.2, -0.15) is 0 Å². The van der Waals surface area contributed by atoms with Crippen LogP contribution in [-0.2, 0) is 4.74 Å². The van der Waals surface area contributed by atoms with E-state index < -0.39 is 0 Å². The van der Waals surface area contributed by atoms with Crippen molar-refractivity contribution in [2.45, 2.75) is 31.0 Å². The van der Waals surface area contributed by atoms with Crippen LogP contribution in [0.15, 0.2) is 30.3 Å². The lowest BCUT2D eigenvalue weighted by Crippen LogP contribution is -2.02. The monoisotopic (exact) mass is 222 g/mol. The summed E-state index contributed by atoms with van der Waals surface area (Å²) in [7, 11) is 0. The summed E-state index contributed by atoms with van der Waals surface area (Å²) in [5.41, 5.74) is 1.79. The van der Waals surface area contributed by atoms with Gasteiger partial charge < -0.3 is 4.74 Å². The summed E-state index contributed by atoms with van der Waals surface area (Å²) in [5.74, 6) is 0.727. The minimum Gasteiger partial charge on any atom is -0.367 e.